The summed E-state index contributed by atoms with van der Waals surface area (Å²) >= 11 is 0. The molecule has 0 bridgehead atoms. The Balaban J connectivity index is 1.94. The van der Waals surface area contributed by atoms with Gasteiger partial charge in [0.05, 0.1) is 6.61 Å². The molecule has 5 nitrogen and oxygen atoms in total. The minimum Gasteiger partial charge on any atom is -0.381 e. The van der Waals surface area contributed by atoms with Crippen LogP contribution in [0.3, 0.4) is 0 Å². The molecule has 2 heterocycles. The molecule has 0 unspecified atom stereocenters. The normalized spacial score (nSPS) is 21.6. The molecule has 1 atom stereocenters. The number of nitrogens with zero attached hydrogens (tertiary/aromatic N) is 2. The van der Waals surface area contributed by atoms with Gasteiger partial charge in [-0.25, -0.2) is 4.98 Å². The summed E-state index contributed by atoms with van der Waals surface area (Å²) in [7, 11) is 0. The highest BCUT2D eigenvalue weighted by Crippen LogP contribution is 2.21. The van der Waals surface area contributed by atoms with Gasteiger partial charge in [-0.3, -0.25) is 5.10 Å². The molecule has 1 aliphatic rings. The van der Waals surface area contributed by atoms with Crippen LogP contribution < -0.4 is 5.73 Å². The number of hydrogen-bond donors (Lipinski definition) is 2. The lowest BCUT2D eigenvalue weighted by atomic mass is 10.1. The van der Waals surface area contributed by atoms with E-state index in [2.05, 4.69) is 15.2 Å². The van der Waals surface area contributed by atoms with E-state index < -0.39 is 0 Å². The Bertz CT molecular complexity index is 280. The Morgan fingerprint density at radius 3 is 3.21 bits per heavy atom. The fraction of sp³-hybridized carbons (Fsp3) is 0.778. The highest BCUT2D eigenvalue weighted by atomic mass is 16.5. The summed E-state index contributed by atoms with van der Waals surface area (Å²) in [5.74, 6) is 2.23. The molecule has 0 radical (unpaired) electrons. The maximum Gasteiger partial charge on any atom is 0.156 e. The lowest BCUT2D eigenvalue weighted by Gasteiger charge is -1.98. The molecule has 0 aromatic carbocycles. The average Bonchev–Trinajstić information content (AvgIpc) is 2.85. The number of ether oxygens (including phenoxy) is 1. The first-order valence-electron chi connectivity index (χ1n) is 5.09. The number of H-pyrrole nitrogens is 1. The second-order valence-electron chi connectivity index (χ2n) is 3.59. The van der Waals surface area contributed by atoms with Crippen molar-refractivity contribution in [2.45, 2.75) is 25.2 Å². The first kappa shape index (κ1) is 9.61. The van der Waals surface area contributed by atoms with Crippen molar-refractivity contribution in [1.29, 1.82) is 0 Å². The molecule has 0 saturated carbocycles. The number of hydrogen-bond acceptors (Lipinski definition) is 4. The standard InChI is InChI=1S/C9H16N4O/c10-4-1-2-8-11-9(13-12-8)7-3-5-14-6-7/h7H,1-6,10H2,(H,11,12,13)/t7-/m1/s1. The summed E-state index contributed by atoms with van der Waals surface area (Å²) in [6, 6.07) is 0. The molecule has 5 heteroatoms. The molecule has 1 fully saturated rings. The first-order chi connectivity index (χ1) is 6.90. The molecular weight excluding hydrogens is 180 g/mol. The van der Waals surface area contributed by atoms with Crippen molar-refractivity contribution in [2.75, 3.05) is 19.8 Å². The molecular formula is C9H16N4O. The smallest absolute Gasteiger partial charge is 0.156 e. The number of nitrogens with two attached hydrogens (primary N) is 1. The van der Waals surface area contributed by atoms with E-state index >= 15 is 0 Å². The van der Waals surface area contributed by atoms with Crippen LogP contribution in [0.1, 0.15) is 30.4 Å². The lowest BCUT2D eigenvalue weighted by Crippen LogP contribution is -2.02. The summed E-state index contributed by atoms with van der Waals surface area (Å²) in [6.45, 7) is 2.29. The minimum absolute atomic E-state index is 0.387. The molecule has 1 aromatic heterocycles. The molecule has 14 heavy (non-hydrogen) atoms. The van der Waals surface area contributed by atoms with Crippen molar-refractivity contribution in [3.63, 3.8) is 0 Å². The highest BCUT2D eigenvalue weighted by molar-refractivity contribution is 4.99. The summed E-state index contributed by atoms with van der Waals surface area (Å²) in [4.78, 5) is 4.43. The topological polar surface area (TPSA) is 76.8 Å². The van der Waals surface area contributed by atoms with E-state index in [1.54, 1.807) is 0 Å². The lowest BCUT2D eigenvalue weighted by molar-refractivity contribution is 0.193. The summed E-state index contributed by atoms with van der Waals surface area (Å²) in [5.41, 5.74) is 5.42. The zero-order valence-corrected chi connectivity index (χ0v) is 8.20. The number of nitrogens with one attached hydrogen (secondary N) is 1. The van der Waals surface area contributed by atoms with Crippen molar-refractivity contribution in [2.24, 2.45) is 5.73 Å². The Hall–Kier alpha value is -0.940. The molecule has 1 aliphatic heterocycles. The Morgan fingerprint density at radius 1 is 1.57 bits per heavy atom. The van der Waals surface area contributed by atoms with E-state index in [9.17, 15) is 0 Å². The predicted octanol–water partition coefficient (Wildman–Crippen LogP) is 0.200. The van der Waals surface area contributed by atoms with Gasteiger partial charge in [0.2, 0.25) is 0 Å². The van der Waals surface area contributed by atoms with Crippen LogP contribution in [0.5, 0.6) is 0 Å². The number of rotatable bonds is 4. The zero-order valence-electron chi connectivity index (χ0n) is 8.20. The first-order valence-corrected chi connectivity index (χ1v) is 5.09. The van der Waals surface area contributed by atoms with Gasteiger partial charge >= 0.3 is 0 Å². The second-order valence-corrected chi connectivity index (χ2v) is 3.59. The zero-order chi connectivity index (χ0) is 9.80. The van der Waals surface area contributed by atoms with Crippen molar-refractivity contribution in [3.05, 3.63) is 11.6 Å². The van der Waals surface area contributed by atoms with E-state index in [0.717, 1.165) is 44.1 Å². The van der Waals surface area contributed by atoms with Crippen LogP contribution in [0.25, 0.3) is 0 Å². The average molecular weight is 196 g/mol. The van der Waals surface area contributed by atoms with Gasteiger partial charge in [-0.15, -0.1) is 0 Å². The summed E-state index contributed by atoms with van der Waals surface area (Å²) in [6.07, 6.45) is 2.88. The van der Waals surface area contributed by atoms with Gasteiger partial charge in [-0.2, -0.15) is 5.10 Å². The number of aromatic amines is 1. The van der Waals surface area contributed by atoms with E-state index in [1.807, 2.05) is 0 Å². The van der Waals surface area contributed by atoms with Crippen molar-refractivity contribution in [3.8, 4) is 0 Å². The maximum absolute atomic E-state index is 5.42. The minimum atomic E-state index is 0.387. The van der Waals surface area contributed by atoms with Crippen LogP contribution >= 0.6 is 0 Å². The third-order valence-electron chi connectivity index (χ3n) is 2.46. The van der Waals surface area contributed by atoms with Gasteiger partial charge in [-0.1, -0.05) is 0 Å². The van der Waals surface area contributed by atoms with Gasteiger partial charge < -0.3 is 10.5 Å². The summed E-state index contributed by atoms with van der Waals surface area (Å²) < 4.78 is 5.29. The molecule has 1 aromatic rings. The van der Waals surface area contributed by atoms with Crippen molar-refractivity contribution < 1.29 is 4.74 Å². The maximum atomic E-state index is 5.42. The molecule has 0 spiro atoms. The van der Waals surface area contributed by atoms with Gasteiger partial charge in [0.15, 0.2) is 5.82 Å². The van der Waals surface area contributed by atoms with Gasteiger partial charge in [0.25, 0.3) is 0 Å². The monoisotopic (exact) mass is 196 g/mol. The molecule has 0 aliphatic carbocycles. The van der Waals surface area contributed by atoms with E-state index in [1.165, 1.54) is 0 Å². The van der Waals surface area contributed by atoms with E-state index in [0.29, 0.717) is 12.5 Å². The fourth-order valence-corrected chi connectivity index (χ4v) is 1.61. The second kappa shape index (κ2) is 4.52. The van der Waals surface area contributed by atoms with Crippen LogP contribution in [0.2, 0.25) is 0 Å². The van der Waals surface area contributed by atoms with Crippen LogP contribution in [0, 0.1) is 0 Å². The van der Waals surface area contributed by atoms with Crippen molar-refractivity contribution >= 4 is 0 Å². The molecule has 1 saturated heterocycles. The Labute approximate surface area is 83.1 Å². The van der Waals surface area contributed by atoms with Crippen LogP contribution in [0.4, 0.5) is 0 Å². The fourth-order valence-electron chi connectivity index (χ4n) is 1.61. The Morgan fingerprint density at radius 2 is 2.50 bits per heavy atom. The molecule has 0 amide bonds. The highest BCUT2D eigenvalue weighted by Gasteiger charge is 2.21. The third kappa shape index (κ3) is 2.10. The molecule has 78 valence electrons. The summed E-state index contributed by atoms with van der Waals surface area (Å²) in [5, 5.41) is 7.14. The third-order valence-corrected chi connectivity index (χ3v) is 2.46. The quantitative estimate of drug-likeness (QED) is 0.721. The van der Waals surface area contributed by atoms with Gasteiger partial charge in [0, 0.05) is 18.9 Å². The number of aryl methyl sites for hydroxylation is 1. The van der Waals surface area contributed by atoms with Gasteiger partial charge in [-0.05, 0) is 19.4 Å². The van der Waals surface area contributed by atoms with Crippen molar-refractivity contribution in [1.82, 2.24) is 15.2 Å². The van der Waals surface area contributed by atoms with E-state index in [-0.39, 0.29) is 0 Å². The van der Waals surface area contributed by atoms with Crippen LogP contribution in [0.15, 0.2) is 0 Å². The Kier molecular flexibility index (Phi) is 3.10. The molecule has 3 N–H and O–H groups in total. The van der Waals surface area contributed by atoms with Crippen LogP contribution in [-0.4, -0.2) is 34.9 Å². The SMILES string of the molecule is NCCCc1nc([C@@H]2CCOC2)n[nH]1. The predicted molar refractivity (Wildman–Crippen MR) is 51.9 cm³/mol. The largest absolute Gasteiger partial charge is 0.381 e. The van der Waals surface area contributed by atoms with Gasteiger partial charge in [0.1, 0.15) is 5.82 Å². The van der Waals surface area contributed by atoms with E-state index in [4.69, 9.17) is 10.5 Å². The molecule has 2 rings (SSSR count). The number of aromatic nitrogens is 3. The van der Waals surface area contributed by atoms with Crippen LogP contribution in [-0.2, 0) is 11.2 Å².